The second-order valence-electron chi connectivity index (χ2n) is 5.35. The molecule has 3 nitrogen and oxygen atoms in total. The summed E-state index contributed by atoms with van der Waals surface area (Å²) in [5.74, 6) is 6.23. The number of carbonyl (C=O) groups excluding carboxylic acids is 1. The molecule has 0 heterocycles. The van der Waals surface area contributed by atoms with E-state index < -0.39 is 0 Å². The summed E-state index contributed by atoms with van der Waals surface area (Å²) in [6.07, 6.45) is 3.32. The standard InChI is InChI=1S/C17H23ClN2O/c1-13(2)6-3-4-11-20-17(21)15-9-8-14(7-5-10-19)16(18)12-15/h8-9,12-13H,3-4,6,10-11,19H2,1-2H3,(H,20,21). The largest absolute Gasteiger partial charge is 0.352 e. The van der Waals surface area contributed by atoms with Crippen molar-refractivity contribution in [2.75, 3.05) is 13.1 Å². The lowest BCUT2D eigenvalue weighted by molar-refractivity contribution is 0.0953. The molecule has 0 radical (unpaired) electrons. The molecule has 0 aliphatic rings. The van der Waals surface area contributed by atoms with Crippen molar-refractivity contribution < 1.29 is 4.79 Å². The number of unbranched alkanes of at least 4 members (excludes halogenated alkanes) is 1. The Bertz CT molecular complexity index is 529. The SMILES string of the molecule is CC(C)CCCCNC(=O)c1ccc(C#CCN)c(Cl)c1. The zero-order valence-electron chi connectivity index (χ0n) is 12.7. The summed E-state index contributed by atoms with van der Waals surface area (Å²) in [4.78, 5) is 12.0. The van der Waals surface area contributed by atoms with Gasteiger partial charge in [0.05, 0.1) is 11.6 Å². The molecule has 0 unspecified atom stereocenters. The van der Waals surface area contributed by atoms with Crippen molar-refractivity contribution in [1.82, 2.24) is 5.32 Å². The second-order valence-corrected chi connectivity index (χ2v) is 5.75. The molecule has 1 aromatic rings. The average Bonchev–Trinajstić information content (AvgIpc) is 2.45. The molecule has 0 bridgehead atoms. The Kier molecular flexibility index (Phi) is 7.89. The van der Waals surface area contributed by atoms with Crippen molar-refractivity contribution in [3.05, 3.63) is 34.3 Å². The van der Waals surface area contributed by atoms with E-state index in [1.54, 1.807) is 18.2 Å². The summed E-state index contributed by atoms with van der Waals surface area (Å²) in [5, 5.41) is 3.38. The van der Waals surface area contributed by atoms with E-state index in [1.807, 2.05) is 0 Å². The first-order valence-electron chi connectivity index (χ1n) is 7.31. The first-order valence-corrected chi connectivity index (χ1v) is 7.69. The minimum absolute atomic E-state index is 0.0974. The van der Waals surface area contributed by atoms with Crippen LogP contribution in [0.3, 0.4) is 0 Å². The van der Waals surface area contributed by atoms with E-state index in [2.05, 4.69) is 31.0 Å². The molecule has 1 amide bonds. The maximum atomic E-state index is 12.0. The topological polar surface area (TPSA) is 55.1 Å². The third kappa shape index (κ3) is 6.66. The highest BCUT2D eigenvalue weighted by atomic mass is 35.5. The number of amides is 1. The molecule has 21 heavy (non-hydrogen) atoms. The van der Waals surface area contributed by atoms with Crippen molar-refractivity contribution in [3.8, 4) is 11.8 Å². The number of rotatable bonds is 6. The van der Waals surface area contributed by atoms with Gasteiger partial charge in [-0.2, -0.15) is 0 Å². The van der Waals surface area contributed by atoms with Crippen LogP contribution in [0, 0.1) is 17.8 Å². The summed E-state index contributed by atoms with van der Waals surface area (Å²) in [6, 6.07) is 5.13. The van der Waals surface area contributed by atoms with Crippen LogP contribution in [0.4, 0.5) is 0 Å². The maximum absolute atomic E-state index is 12.0. The Morgan fingerprint density at radius 2 is 2.14 bits per heavy atom. The highest BCUT2D eigenvalue weighted by Gasteiger charge is 2.07. The van der Waals surface area contributed by atoms with E-state index in [9.17, 15) is 4.79 Å². The Morgan fingerprint density at radius 3 is 2.76 bits per heavy atom. The van der Waals surface area contributed by atoms with E-state index >= 15 is 0 Å². The van der Waals surface area contributed by atoms with Crippen LogP contribution in [0.1, 0.15) is 49.0 Å². The molecule has 0 spiro atoms. The zero-order valence-corrected chi connectivity index (χ0v) is 13.5. The van der Waals surface area contributed by atoms with Crippen LogP contribution < -0.4 is 11.1 Å². The maximum Gasteiger partial charge on any atom is 0.251 e. The van der Waals surface area contributed by atoms with Crippen LogP contribution in [0.25, 0.3) is 0 Å². The predicted molar refractivity (Wildman–Crippen MR) is 88.4 cm³/mol. The third-order valence-corrected chi connectivity index (χ3v) is 3.36. The molecular formula is C17H23ClN2O. The highest BCUT2D eigenvalue weighted by molar-refractivity contribution is 6.32. The molecule has 4 heteroatoms. The fraction of sp³-hybridized carbons (Fsp3) is 0.471. The van der Waals surface area contributed by atoms with Gasteiger partial charge >= 0.3 is 0 Å². The van der Waals surface area contributed by atoms with Crippen molar-refractivity contribution in [2.24, 2.45) is 11.7 Å². The van der Waals surface area contributed by atoms with Gasteiger partial charge in [0.1, 0.15) is 0 Å². The Morgan fingerprint density at radius 1 is 1.38 bits per heavy atom. The lowest BCUT2D eigenvalue weighted by Gasteiger charge is -2.07. The third-order valence-electron chi connectivity index (χ3n) is 3.05. The molecule has 3 N–H and O–H groups in total. The summed E-state index contributed by atoms with van der Waals surface area (Å²) in [6.45, 7) is 5.39. The van der Waals surface area contributed by atoms with E-state index in [0.29, 0.717) is 28.6 Å². The average molecular weight is 307 g/mol. The van der Waals surface area contributed by atoms with Crippen LogP contribution >= 0.6 is 11.6 Å². The van der Waals surface area contributed by atoms with Crippen LogP contribution in [0.2, 0.25) is 5.02 Å². The lowest BCUT2D eigenvalue weighted by Crippen LogP contribution is -2.24. The summed E-state index contributed by atoms with van der Waals surface area (Å²) < 4.78 is 0. The fourth-order valence-corrected chi connectivity index (χ4v) is 2.11. The van der Waals surface area contributed by atoms with Gasteiger partial charge in [-0.15, -0.1) is 0 Å². The second kappa shape index (κ2) is 9.44. The van der Waals surface area contributed by atoms with Crippen molar-refractivity contribution >= 4 is 17.5 Å². The fourth-order valence-electron chi connectivity index (χ4n) is 1.89. The first kappa shape index (κ1) is 17.6. The first-order chi connectivity index (χ1) is 10.0. The minimum atomic E-state index is -0.0974. The Hall–Kier alpha value is -1.50. The summed E-state index contributed by atoms with van der Waals surface area (Å²) in [7, 11) is 0. The van der Waals surface area contributed by atoms with E-state index in [4.69, 9.17) is 17.3 Å². The lowest BCUT2D eigenvalue weighted by atomic mass is 10.1. The van der Waals surface area contributed by atoms with Gasteiger partial charge in [-0.25, -0.2) is 0 Å². The number of nitrogens with two attached hydrogens (primary N) is 1. The van der Waals surface area contributed by atoms with E-state index in [1.165, 1.54) is 6.42 Å². The molecule has 1 rings (SSSR count). The zero-order chi connectivity index (χ0) is 15.7. The molecule has 0 aromatic heterocycles. The summed E-state index contributed by atoms with van der Waals surface area (Å²) in [5.41, 5.74) is 6.57. The number of halogens is 1. The van der Waals surface area contributed by atoms with Gasteiger partial charge in [0.15, 0.2) is 0 Å². The number of carbonyl (C=O) groups is 1. The van der Waals surface area contributed by atoms with Crippen molar-refractivity contribution in [2.45, 2.75) is 33.1 Å². The number of benzene rings is 1. The molecule has 0 aliphatic heterocycles. The van der Waals surface area contributed by atoms with Gasteiger partial charge in [0.2, 0.25) is 0 Å². The van der Waals surface area contributed by atoms with Crippen LogP contribution in [-0.4, -0.2) is 19.0 Å². The summed E-state index contributed by atoms with van der Waals surface area (Å²) >= 11 is 6.10. The minimum Gasteiger partial charge on any atom is -0.352 e. The Labute approximate surface area is 132 Å². The Balaban J connectivity index is 2.49. The van der Waals surface area contributed by atoms with Crippen LogP contribution in [0.15, 0.2) is 18.2 Å². The van der Waals surface area contributed by atoms with Crippen molar-refractivity contribution in [3.63, 3.8) is 0 Å². The van der Waals surface area contributed by atoms with Gasteiger partial charge in [-0.05, 0) is 30.5 Å². The van der Waals surface area contributed by atoms with Crippen LogP contribution in [0.5, 0.6) is 0 Å². The monoisotopic (exact) mass is 306 g/mol. The number of hydrogen-bond donors (Lipinski definition) is 2. The molecule has 0 fully saturated rings. The number of hydrogen-bond acceptors (Lipinski definition) is 2. The normalized spacial score (nSPS) is 10.1. The van der Waals surface area contributed by atoms with E-state index in [0.717, 1.165) is 12.8 Å². The number of nitrogens with one attached hydrogen (secondary N) is 1. The molecular weight excluding hydrogens is 284 g/mol. The van der Waals surface area contributed by atoms with Gasteiger partial charge in [0, 0.05) is 17.7 Å². The molecule has 0 atom stereocenters. The molecule has 0 saturated carbocycles. The highest BCUT2D eigenvalue weighted by Crippen LogP contribution is 2.17. The molecule has 0 saturated heterocycles. The van der Waals surface area contributed by atoms with Gasteiger partial charge in [0.25, 0.3) is 5.91 Å². The smallest absolute Gasteiger partial charge is 0.251 e. The van der Waals surface area contributed by atoms with Crippen LogP contribution in [-0.2, 0) is 0 Å². The quantitative estimate of drug-likeness (QED) is 0.626. The molecule has 114 valence electrons. The molecule has 0 aliphatic carbocycles. The van der Waals surface area contributed by atoms with Crippen molar-refractivity contribution in [1.29, 1.82) is 0 Å². The van der Waals surface area contributed by atoms with Gasteiger partial charge < -0.3 is 11.1 Å². The molecule has 1 aromatic carbocycles. The van der Waals surface area contributed by atoms with E-state index in [-0.39, 0.29) is 12.5 Å². The van der Waals surface area contributed by atoms with Gasteiger partial charge in [-0.3, -0.25) is 4.79 Å². The predicted octanol–water partition coefficient (Wildman–Crippen LogP) is 3.21. The van der Waals surface area contributed by atoms with Gasteiger partial charge in [-0.1, -0.05) is 50.1 Å².